The van der Waals surface area contributed by atoms with Crippen LogP contribution in [0.25, 0.3) is 0 Å². The first-order valence-corrected chi connectivity index (χ1v) is 3.89. The van der Waals surface area contributed by atoms with Crippen LogP contribution in [0.4, 0.5) is 4.39 Å². The highest BCUT2D eigenvalue weighted by Crippen LogP contribution is 2.21. The fourth-order valence-corrected chi connectivity index (χ4v) is 1.31. The van der Waals surface area contributed by atoms with Gasteiger partial charge in [0.25, 0.3) is 0 Å². The molecule has 1 aromatic carbocycles. The van der Waals surface area contributed by atoms with Gasteiger partial charge in [-0.3, -0.25) is 0 Å². The molecule has 62 valence electrons. The van der Waals surface area contributed by atoms with Crippen LogP contribution in [0.1, 0.15) is 18.0 Å². The van der Waals surface area contributed by atoms with Crippen LogP contribution < -0.4 is 5.43 Å². The van der Waals surface area contributed by atoms with Gasteiger partial charge in [0.2, 0.25) is 0 Å². The molecule has 1 aromatic rings. The average molecular weight is 164 g/mol. The highest BCUT2D eigenvalue weighted by molar-refractivity contribution is 5.60. The zero-order valence-corrected chi connectivity index (χ0v) is 6.50. The van der Waals surface area contributed by atoms with Crippen molar-refractivity contribution in [3.8, 4) is 0 Å². The molecule has 2 rings (SSSR count). The third-order valence-corrected chi connectivity index (χ3v) is 1.94. The lowest BCUT2D eigenvalue weighted by Crippen LogP contribution is -2.11. The van der Waals surface area contributed by atoms with Crippen molar-refractivity contribution in [3.63, 3.8) is 0 Å². The zero-order valence-electron chi connectivity index (χ0n) is 6.50. The number of benzene rings is 1. The smallest absolute Gasteiger partial charge is 0.128 e. The third kappa shape index (κ3) is 1.18. The van der Waals surface area contributed by atoms with E-state index < -0.39 is 0 Å². The summed E-state index contributed by atoms with van der Waals surface area (Å²) < 4.78 is 13.1. The number of hydrogen-bond acceptors (Lipinski definition) is 2. The van der Waals surface area contributed by atoms with E-state index >= 15 is 0 Å². The van der Waals surface area contributed by atoms with Gasteiger partial charge < -0.3 is 5.43 Å². The van der Waals surface area contributed by atoms with Crippen molar-refractivity contribution in [2.24, 2.45) is 5.10 Å². The van der Waals surface area contributed by atoms with Gasteiger partial charge in [0.15, 0.2) is 0 Å². The standard InChI is InChI=1S/C9H9FN2/c10-8-4-2-1-3-7(8)9-5-6-11-12-9/h1-4,6,9,12H,5H2. The molecule has 1 unspecified atom stereocenters. The molecule has 3 heteroatoms. The summed E-state index contributed by atoms with van der Waals surface area (Å²) in [6.45, 7) is 0. The molecule has 1 aliphatic rings. The van der Waals surface area contributed by atoms with Crippen LogP contribution in [-0.2, 0) is 0 Å². The van der Waals surface area contributed by atoms with E-state index in [1.807, 2.05) is 6.07 Å². The topological polar surface area (TPSA) is 24.4 Å². The van der Waals surface area contributed by atoms with Crippen molar-refractivity contribution in [2.45, 2.75) is 12.5 Å². The molecule has 1 aliphatic heterocycles. The number of nitrogens with zero attached hydrogens (tertiary/aromatic N) is 1. The van der Waals surface area contributed by atoms with Gasteiger partial charge in [0, 0.05) is 18.2 Å². The van der Waals surface area contributed by atoms with E-state index in [-0.39, 0.29) is 11.9 Å². The summed E-state index contributed by atoms with van der Waals surface area (Å²) in [5.74, 6) is -0.166. The molecular formula is C9H9FN2. The monoisotopic (exact) mass is 164 g/mol. The Kier molecular flexibility index (Phi) is 1.78. The Morgan fingerprint density at radius 3 is 2.92 bits per heavy atom. The summed E-state index contributed by atoms with van der Waals surface area (Å²) >= 11 is 0. The predicted octanol–water partition coefficient (Wildman–Crippen LogP) is 1.85. The summed E-state index contributed by atoms with van der Waals surface area (Å²) in [4.78, 5) is 0. The van der Waals surface area contributed by atoms with Gasteiger partial charge in [-0.1, -0.05) is 18.2 Å². The van der Waals surface area contributed by atoms with E-state index in [0.717, 1.165) is 6.42 Å². The molecule has 0 radical (unpaired) electrons. The van der Waals surface area contributed by atoms with E-state index in [1.54, 1.807) is 18.3 Å². The first-order valence-electron chi connectivity index (χ1n) is 3.89. The van der Waals surface area contributed by atoms with Gasteiger partial charge in [0.05, 0.1) is 6.04 Å². The first kappa shape index (κ1) is 7.28. The second kappa shape index (κ2) is 2.93. The molecule has 1 heterocycles. The lowest BCUT2D eigenvalue weighted by Gasteiger charge is -2.09. The predicted molar refractivity (Wildman–Crippen MR) is 45.4 cm³/mol. The van der Waals surface area contributed by atoms with Gasteiger partial charge in [-0.2, -0.15) is 5.10 Å². The quantitative estimate of drug-likeness (QED) is 0.673. The summed E-state index contributed by atoms with van der Waals surface area (Å²) in [5.41, 5.74) is 3.53. The summed E-state index contributed by atoms with van der Waals surface area (Å²) in [6.07, 6.45) is 2.53. The molecule has 1 N–H and O–H groups in total. The molecule has 2 nitrogen and oxygen atoms in total. The number of rotatable bonds is 1. The van der Waals surface area contributed by atoms with Crippen molar-refractivity contribution < 1.29 is 4.39 Å². The van der Waals surface area contributed by atoms with Crippen LogP contribution in [0.2, 0.25) is 0 Å². The molecule has 12 heavy (non-hydrogen) atoms. The van der Waals surface area contributed by atoms with Crippen molar-refractivity contribution in [3.05, 3.63) is 35.6 Å². The highest BCUT2D eigenvalue weighted by atomic mass is 19.1. The molecule has 0 saturated carbocycles. The Balaban J connectivity index is 2.27. The minimum Gasteiger partial charge on any atom is -0.302 e. The molecule has 0 saturated heterocycles. The Morgan fingerprint density at radius 1 is 1.42 bits per heavy atom. The Morgan fingerprint density at radius 2 is 2.25 bits per heavy atom. The maximum Gasteiger partial charge on any atom is 0.128 e. The van der Waals surface area contributed by atoms with Crippen molar-refractivity contribution in [1.29, 1.82) is 0 Å². The minimum atomic E-state index is -0.166. The van der Waals surface area contributed by atoms with Crippen molar-refractivity contribution in [2.75, 3.05) is 0 Å². The molecule has 1 atom stereocenters. The van der Waals surface area contributed by atoms with E-state index in [0.29, 0.717) is 5.56 Å². The van der Waals surface area contributed by atoms with E-state index in [9.17, 15) is 4.39 Å². The number of halogens is 1. The Bertz CT molecular complexity index is 301. The van der Waals surface area contributed by atoms with Crippen LogP contribution >= 0.6 is 0 Å². The second-order valence-electron chi connectivity index (χ2n) is 2.75. The maximum atomic E-state index is 13.1. The van der Waals surface area contributed by atoms with Gasteiger partial charge in [-0.15, -0.1) is 0 Å². The summed E-state index contributed by atoms with van der Waals surface area (Å²) in [6, 6.07) is 6.79. The molecule has 0 aliphatic carbocycles. The second-order valence-corrected chi connectivity index (χ2v) is 2.75. The van der Waals surface area contributed by atoms with E-state index in [1.165, 1.54) is 6.07 Å². The van der Waals surface area contributed by atoms with Crippen LogP contribution in [0, 0.1) is 5.82 Å². The average Bonchev–Trinajstić information content (AvgIpc) is 2.57. The SMILES string of the molecule is Fc1ccccc1C1CC=NN1. The number of hydrogen-bond donors (Lipinski definition) is 1. The van der Waals surface area contributed by atoms with Crippen LogP contribution in [0.3, 0.4) is 0 Å². The van der Waals surface area contributed by atoms with Crippen LogP contribution in [-0.4, -0.2) is 6.21 Å². The molecule has 0 fully saturated rings. The van der Waals surface area contributed by atoms with Gasteiger partial charge in [-0.25, -0.2) is 4.39 Å². The molecular weight excluding hydrogens is 155 g/mol. The lowest BCUT2D eigenvalue weighted by molar-refractivity contribution is 0.549. The largest absolute Gasteiger partial charge is 0.302 e. The lowest BCUT2D eigenvalue weighted by atomic mass is 10.1. The maximum absolute atomic E-state index is 13.1. The Hall–Kier alpha value is -1.38. The van der Waals surface area contributed by atoms with Gasteiger partial charge in [-0.05, 0) is 6.07 Å². The van der Waals surface area contributed by atoms with Crippen LogP contribution in [0.5, 0.6) is 0 Å². The van der Waals surface area contributed by atoms with E-state index in [2.05, 4.69) is 10.5 Å². The molecule has 0 bridgehead atoms. The molecule has 0 amide bonds. The number of nitrogens with one attached hydrogen (secondary N) is 1. The zero-order chi connectivity index (χ0) is 8.39. The van der Waals surface area contributed by atoms with Crippen molar-refractivity contribution >= 4 is 6.21 Å². The third-order valence-electron chi connectivity index (χ3n) is 1.94. The first-order chi connectivity index (χ1) is 5.88. The van der Waals surface area contributed by atoms with Gasteiger partial charge >= 0.3 is 0 Å². The Labute approximate surface area is 70.1 Å². The van der Waals surface area contributed by atoms with Crippen molar-refractivity contribution in [1.82, 2.24) is 5.43 Å². The molecule has 0 aromatic heterocycles. The summed E-state index contributed by atoms with van der Waals surface area (Å²) in [7, 11) is 0. The fraction of sp³-hybridized carbons (Fsp3) is 0.222. The fourth-order valence-electron chi connectivity index (χ4n) is 1.31. The summed E-state index contributed by atoms with van der Waals surface area (Å²) in [5, 5.41) is 3.84. The minimum absolute atomic E-state index is 0.0196. The van der Waals surface area contributed by atoms with Crippen LogP contribution in [0.15, 0.2) is 29.4 Å². The molecule has 0 spiro atoms. The van der Waals surface area contributed by atoms with E-state index in [4.69, 9.17) is 0 Å². The highest BCUT2D eigenvalue weighted by Gasteiger charge is 2.15. The normalized spacial score (nSPS) is 20.9. The number of hydrazone groups is 1. The van der Waals surface area contributed by atoms with Gasteiger partial charge in [0.1, 0.15) is 5.82 Å².